The summed E-state index contributed by atoms with van der Waals surface area (Å²) >= 11 is 0. The quantitative estimate of drug-likeness (QED) is 0.747. The second kappa shape index (κ2) is 9.13. The highest BCUT2D eigenvalue weighted by Crippen LogP contribution is 2.48. The van der Waals surface area contributed by atoms with Gasteiger partial charge in [0.2, 0.25) is 5.91 Å². The fourth-order valence-electron chi connectivity index (χ4n) is 5.42. The van der Waals surface area contributed by atoms with Gasteiger partial charge in [0.25, 0.3) is 0 Å². The Balaban J connectivity index is 1.56. The summed E-state index contributed by atoms with van der Waals surface area (Å²) in [5.41, 5.74) is 1.97. The van der Waals surface area contributed by atoms with Crippen LogP contribution in [0.15, 0.2) is 36.7 Å². The van der Waals surface area contributed by atoms with Crippen molar-refractivity contribution < 1.29 is 14.3 Å². The van der Waals surface area contributed by atoms with Crippen LogP contribution in [0.5, 0.6) is 0 Å². The number of aromatic nitrogens is 2. The first-order valence-corrected chi connectivity index (χ1v) is 11.5. The summed E-state index contributed by atoms with van der Waals surface area (Å²) in [6.45, 7) is 6.96. The monoisotopic (exact) mass is 425 g/mol. The van der Waals surface area contributed by atoms with Gasteiger partial charge in [0.05, 0.1) is 18.8 Å². The summed E-state index contributed by atoms with van der Waals surface area (Å²) in [5.74, 6) is 2.03. The molecule has 1 N–H and O–H groups in total. The number of carbonyl (C=O) groups excluding carboxylic acids is 1. The van der Waals surface area contributed by atoms with Gasteiger partial charge in [-0.1, -0.05) is 25.5 Å². The molecule has 4 rings (SSSR count). The zero-order chi connectivity index (χ0) is 22.0. The van der Waals surface area contributed by atoms with Crippen molar-refractivity contribution in [2.24, 2.45) is 11.8 Å². The van der Waals surface area contributed by atoms with Crippen LogP contribution in [0, 0.1) is 18.8 Å². The molecule has 1 saturated carbocycles. The Kier molecular flexibility index (Phi) is 6.49. The Morgan fingerprint density at radius 2 is 2.10 bits per heavy atom. The van der Waals surface area contributed by atoms with E-state index in [9.17, 15) is 4.79 Å². The third-order valence-electron chi connectivity index (χ3n) is 7.15. The molecule has 5 atom stereocenters. The average molecular weight is 426 g/mol. The number of ether oxygens (including phenoxy) is 2. The molecule has 1 aromatic heterocycles. The zero-order valence-electron chi connectivity index (χ0n) is 19.1. The maximum atomic E-state index is 12.6. The normalized spacial score (nSPS) is 30.6. The molecule has 1 saturated heterocycles. The number of hydrogen-bond acceptors (Lipinski definition) is 4. The van der Waals surface area contributed by atoms with Crippen LogP contribution in [0.25, 0.3) is 5.69 Å². The minimum Gasteiger partial charge on any atom is -0.384 e. The number of fused-ring (bicyclic) bond motifs is 1. The van der Waals surface area contributed by atoms with Crippen molar-refractivity contribution in [1.29, 1.82) is 0 Å². The van der Waals surface area contributed by atoms with Crippen LogP contribution in [0.4, 0.5) is 0 Å². The standard InChI is InChI=1S/C25H35N3O3/c1-17-5-10-21-22(15-17)31-23(16-25(21,3)27-24(29)11-14-30-4)19-6-8-20(9-7-19)28-13-12-26-18(28)2/h6-9,12-13,17,21-23H,5,10-11,14-16H2,1-4H3,(H,27,29)/t17-,21-,22-,23-,25-/m1/s1. The third kappa shape index (κ3) is 4.70. The van der Waals surface area contributed by atoms with Gasteiger partial charge >= 0.3 is 0 Å². The Labute approximate surface area is 185 Å². The van der Waals surface area contributed by atoms with E-state index in [1.807, 2.05) is 19.3 Å². The summed E-state index contributed by atoms with van der Waals surface area (Å²) in [7, 11) is 1.63. The molecule has 2 fully saturated rings. The molecule has 168 valence electrons. The van der Waals surface area contributed by atoms with Crippen molar-refractivity contribution in [3.63, 3.8) is 0 Å². The first-order valence-electron chi connectivity index (χ1n) is 11.5. The van der Waals surface area contributed by atoms with Crippen molar-refractivity contribution in [3.05, 3.63) is 48.0 Å². The summed E-state index contributed by atoms with van der Waals surface area (Å²) in [6.07, 6.45) is 8.45. The second-order valence-corrected chi connectivity index (χ2v) is 9.54. The summed E-state index contributed by atoms with van der Waals surface area (Å²) in [4.78, 5) is 16.9. The van der Waals surface area contributed by atoms with Gasteiger partial charge in [0.15, 0.2) is 0 Å². The van der Waals surface area contributed by atoms with E-state index < -0.39 is 0 Å². The highest BCUT2D eigenvalue weighted by Gasteiger charge is 2.49. The number of benzene rings is 1. The van der Waals surface area contributed by atoms with E-state index in [2.05, 4.69) is 53.0 Å². The third-order valence-corrected chi connectivity index (χ3v) is 7.15. The van der Waals surface area contributed by atoms with Gasteiger partial charge in [-0.05, 0) is 50.3 Å². The first-order chi connectivity index (χ1) is 14.9. The fourth-order valence-corrected chi connectivity index (χ4v) is 5.42. The number of imidazole rings is 1. The van der Waals surface area contributed by atoms with Gasteiger partial charge in [-0.25, -0.2) is 4.98 Å². The van der Waals surface area contributed by atoms with Crippen LogP contribution in [0.1, 0.15) is 63.4 Å². The molecule has 2 heterocycles. The van der Waals surface area contributed by atoms with Gasteiger partial charge in [-0.2, -0.15) is 0 Å². The predicted molar refractivity (Wildman–Crippen MR) is 120 cm³/mol. The number of amides is 1. The summed E-state index contributed by atoms with van der Waals surface area (Å²) in [6, 6.07) is 8.55. The molecular weight excluding hydrogens is 390 g/mol. The van der Waals surface area contributed by atoms with E-state index >= 15 is 0 Å². The second-order valence-electron chi connectivity index (χ2n) is 9.54. The summed E-state index contributed by atoms with van der Waals surface area (Å²) < 4.78 is 13.8. The minimum atomic E-state index is -0.280. The maximum absolute atomic E-state index is 12.6. The van der Waals surface area contributed by atoms with Crippen LogP contribution in [0.3, 0.4) is 0 Å². The van der Waals surface area contributed by atoms with Crippen LogP contribution in [-0.4, -0.2) is 40.8 Å². The smallest absolute Gasteiger partial charge is 0.222 e. The van der Waals surface area contributed by atoms with Crippen LogP contribution in [0.2, 0.25) is 0 Å². The van der Waals surface area contributed by atoms with Crippen LogP contribution >= 0.6 is 0 Å². The number of methoxy groups -OCH3 is 1. The lowest BCUT2D eigenvalue weighted by molar-refractivity contribution is -0.154. The molecule has 2 aliphatic rings. The lowest BCUT2D eigenvalue weighted by atomic mass is 9.66. The lowest BCUT2D eigenvalue weighted by Crippen LogP contribution is -2.60. The van der Waals surface area contributed by atoms with Crippen LogP contribution in [-0.2, 0) is 14.3 Å². The van der Waals surface area contributed by atoms with Gasteiger partial charge in [-0.3, -0.25) is 4.79 Å². The van der Waals surface area contributed by atoms with Gasteiger partial charge < -0.3 is 19.4 Å². The molecule has 1 aliphatic carbocycles. The van der Waals surface area contributed by atoms with Gasteiger partial charge in [-0.15, -0.1) is 0 Å². The minimum absolute atomic E-state index is 0.0304. The van der Waals surface area contributed by atoms with Gasteiger partial charge in [0.1, 0.15) is 5.82 Å². The molecule has 1 aliphatic heterocycles. The number of rotatable bonds is 6. The molecule has 6 heteroatoms. The Morgan fingerprint density at radius 1 is 1.32 bits per heavy atom. The molecule has 31 heavy (non-hydrogen) atoms. The van der Waals surface area contributed by atoms with Crippen molar-refractivity contribution >= 4 is 5.91 Å². The maximum Gasteiger partial charge on any atom is 0.222 e. The van der Waals surface area contributed by atoms with Crippen molar-refractivity contribution in [3.8, 4) is 5.69 Å². The van der Waals surface area contributed by atoms with E-state index in [0.29, 0.717) is 24.9 Å². The first kappa shape index (κ1) is 22.0. The zero-order valence-corrected chi connectivity index (χ0v) is 19.1. The average Bonchev–Trinajstić information content (AvgIpc) is 3.17. The molecular formula is C25H35N3O3. The van der Waals surface area contributed by atoms with Crippen molar-refractivity contribution in [2.75, 3.05) is 13.7 Å². The van der Waals surface area contributed by atoms with Crippen molar-refractivity contribution in [2.45, 2.75) is 70.6 Å². The number of nitrogens with one attached hydrogen (secondary N) is 1. The molecule has 1 aromatic carbocycles. The SMILES string of the molecule is COCCC(=O)N[C@]1(C)C[C@H](c2ccc(-n3ccnc3C)cc2)O[C@@H]2C[C@H](C)CC[C@H]21. The number of hydrogen-bond donors (Lipinski definition) is 1. The van der Waals surface area contributed by atoms with Gasteiger partial charge in [0, 0.05) is 49.5 Å². The Morgan fingerprint density at radius 3 is 2.77 bits per heavy atom. The fraction of sp³-hybridized carbons (Fsp3) is 0.600. The molecule has 0 radical (unpaired) electrons. The van der Waals surface area contributed by atoms with E-state index in [1.54, 1.807) is 7.11 Å². The van der Waals surface area contributed by atoms with E-state index in [-0.39, 0.29) is 23.7 Å². The molecule has 0 bridgehead atoms. The Hall–Kier alpha value is -2.18. The van der Waals surface area contributed by atoms with Crippen molar-refractivity contribution in [1.82, 2.24) is 14.9 Å². The molecule has 0 spiro atoms. The molecule has 0 unspecified atom stereocenters. The number of aryl methyl sites for hydroxylation is 1. The highest BCUT2D eigenvalue weighted by molar-refractivity contribution is 5.77. The topological polar surface area (TPSA) is 65.4 Å². The molecule has 1 amide bonds. The van der Waals surface area contributed by atoms with E-state index in [1.165, 1.54) is 6.42 Å². The largest absolute Gasteiger partial charge is 0.384 e. The molecule has 6 nitrogen and oxygen atoms in total. The number of carbonyl (C=O) groups is 1. The van der Waals surface area contributed by atoms with E-state index in [0.717, 1.165) is 36.3 Å². The molecule has 2 aromatic rings. The van der Waals surface area contributed by atoms with Crippen LogP contribution < -0.4 is 5.32 Å². The lowest BCUT2D eigenvalue weighted by Gasteiger charge is -2.52. The predicted octanol–water partition coefficient (Wildman–Crippen LogP) is 4.36. The highest BCUT2D eigenvalue weighted by atomic mass is 16.5. The Bertz CT molecular complexity index is 894. The number of nitrogens with zero attached hydrogens (tertiary/aromatic N) is 2. The summed E-state index contributed by atoms with van der Waals surface area (Å²) in [5, 5.41) is 3.37. The van der Waals surface area contributed by atoms with E-state index in [4.69, 9.17) is 9.47 Å².